The van der Waals surface area contributed by atoms with E-state index >= 15 is 0 Å². The molecule has 0 unspecified atom stereocenters. The van der Waals surface area contributed by atoms with E-state index in [1.165, 1.54) is 0 Å². The lowest BCUT2D eigenvalue weighted by molar-refractivity contribution is -0.116. The van der Waals surface area contributed by atoms with E-state index < -0.39 is 0 Å². The molecule has 0 saturated carbocycles. The summed E-state index contributed by atoms with van der Waals surface area (Å²) >= 11 is 0. The number of hydrogen-bond acceptors (Lipinski definition) is 5. The molecule has 7 nitrogen and oxygen atoms in total. The maximum absolute atomic E-state index is 12.8. The second-order valence-corrected chi connectivity index (χ2v) is 8.01. The van der Waals surface area contributed by atoms with E-state index in [0.29, 0.717) is 29.9 Å². The monoisotopic (exact) mass is 428 g/mol. The molecule has 0 aliphatic rings. The highest BCUT2D eigenvalue weighted by atomic mass is 16.5. The Balaban J connectivity index is 1.39. The predicted molar refractivity (Wildman–Crippen MR) is 124 cm³/mol. The number of amides is 1. The smallest absolute Gasteiger partial charge is 0.224 e. The van der Waals surface area contributed by atoms with E-state index in [1.807, 2.05) is 67.8 Å². The third-order valence-corrected chi connectivity index (χ3v) is 5.86. The molecular formula is C25H24N4O3. The van der Waals surface area contributed by atoms with Crippen LogP contribution in [0.4, 0.5) is 5.69 Å². The molecule has 0 aliphatic carbocycles. The van der Waals surface area contributed by atoms with Gasteiger partial charge in [0.1, 0.15) is 16.9 Å². The van der Waals surface area contributed by atoms with Crippen LogP contribution in [0, 0.1) is 20.8 Å². The number of anilines is 1. The van der Waals surface area contributed by atoms with Crippen LogP contribution in [-0.2, 0) is 11.2 Å². The summed E-state index contributed by atoms with van der Waals surface area (Å²) in [6.45, 7) is 5.93. The first-order valence-corrected chi connectivity index (χ1v) is 10.6. The molecule has 1 N–H and O–H groups in total. The van der Waals surface area contributed by atoms with Gasteiger partial charge in [0.2, 0.25) is 5.91 Å². The van der Waals surface area contributed by atoms with Gasteiger partial charge in [-0.1, -0.05) is 18.2 Å². The molecule has 0 bridgehead atoms. The van der Waals surface area contributed by atoms with Crippen molar-refractivity contribution in [2.75, 3.05) is 12.4 Å². The normalized spacial score (nSPS) is 11.5. The number of nitrogens with zero attached hydrogens (tertiary/aromatic N) is 3. The number of hydrogen-bond donors (Lipinski definition) is 1. The van der Waals surface area contributed by atoms with Crippen LogP contribution in [0.15, 0.2) is 46.9 Å². The van der Waals surface area contributed by atoms with Gasteiger partial charge in [-0.25, -0.2) is 9.50 Å². The minimum absolute atomic E-state index is 0.102. The topological polar surface area (TPSA) is 81.7 Å². The minimum Gasteiger partial charge on any atom is -0.495 e. The third kappa shape index (κ3) is 3.36. The van der Waals surface area contributed by atoms with E-state index in [4.69, 9.17) is 9.15 Å². The molecule has 2 aromatic carbocycles. The van der Waals surface area contributed by atoms with Crippen LogP contribution in [0.2, 0.25) is 0 Å². The van der Waals surface area contributed by atoms with Crippen molar-refractivity contribution < 1.29 is 13.9 Å². The average molecular weight is 428 g/mol. The van der Waals surface area contributed by atoms with Gasteiger partial charge in [-0.05, 0) is 44.9 Å². The molecule has 3 heterocycles. The lowest BCUT2D eigenvalue weighted by Crippen LogP contribution is -2.15. The number of nitrogens with one attached hydrogen (secondary N) is 1. The predicted octanol–water partition coefficient (Wildman–Crippen LogP) is 5.13. The number of benzene rings is 2. The van der Waals surface area contributed by atoms with Crippen LogP contribution in [0.3, 0.4) is 0 Å². The van der Waals surface area contributed by atoms with Gasteiger partial charge in [0, 0.05) is 40.7 Å². The van der Waals surface area contributed by atoms with Crippen LogP contribution >= 0.6 is 0 Å². The molecule has 0 fully saturated rings. The highest BCUT2D eigenvalue weighted by Gasteiger charge is 2.16. The summed E-state index contributed by atoms with van der Waals surface area (Å²) in [5, 5.41) is 9.46. The average Bonchev–Trinajstić information content (AvgIpc) is 3.32. The fourth-order valence-corrected chi connectivity index (χ4v) is 4.27. The van der Waals surface area contributed by atoms with Crippen molar-refractivity contribution >= 4 is 39.2 Å². The number of aryl methyl sites for hydroxylation is 3. The van der Waals surface area contributed by atoms with Crippen LogP contribution in [0.25, 0.3) is 27.6 Å². The van der Waals surface area contributed by atoms with Gasteiger partial charge in [0.15, 0.2) is 5.65 Å². The Kier molecular flexibility index (Phi) is 4.81. The zero-order chi connectivity index (χ0) is 22.4. The summed E-state index contributed by atoms with van der Waals surface area (Å²) in [5.74, 6) is 0.495. The van der Waals surface area contributed by atoms with Gasteiger partial charge in [0.05, 0.1) is 18.5 Å². The van der Waals surface area contributed by atoms with E-state index in [1.54, 1.807) is 7.11 Å². The fourth-order valence-electron chi connectivity index (χ4n) is 4.27. The highest BCUT2D eigenvalue weighted by molar-refractivity contribution is 6.07. The lowest BCUT2D eigenvalue weighted by Gasteiger charge is -2.12. The van der Waals surface area contributed by atoms with Crippen molar-refractivity contribution in [3.63, 3.8) is 0 Å². The first-order chi connectivity index (χ1) is 15.4. The Labute approximate surface area is 185 Å². The van der Waals surface area contributed by atoms with Crippen molar-refractivity contribution in [2.45, 2.75) is 33.6 Å². The molecule has 0 aliphatic heterocycles. The molecule has 162 valence electrons. The molecule has 32 heavy (non-hydrogen) atoms. The maximum Gasteiger partial charge on any atom is 0.224 e. The molecule has 0 atom stereocenters. The Hall–Kier alpha value is -3.87. The number of aromatic nitrogens is 3. The zero-order valence-corrected chi connectivity index (χ0v) is 18.5. The summed E-state index contributed by atoms with van der Waals surface area (Å²) in [5.41, 5.74) is 6.81. The van der Waals surface area contributed by atoms with Crippen LogP contribution in [0.5, 0.6) is 5.75 Å². The molecule has 5 aromatic rings. The van der Waals surface area contributed by atoms with E-state index in [0.717, 1.165) is 44.6 Å². The molecule has 0 spiro atoms. The zero-order valence-electron chi connectivity index (χ0n) is 18.5. The van der Waals surface area contributed by atoms with Gasteiger partial charge in [-0.3, -0.25) is 4.79 Å². The largest absolute Gasteiger partial charge is 0.495 e. The Morgan fingerprint density at radius 3 is 2.72 bits per heavy atom. The summed E-state index contributed by atoms with van der Waals surface area (Å²) in [7, 11) is 1.60. The Bertz CT molecular complexity index is 1500. The number of furan rings is 1. The maximum atomic E-state index is 12.8. The molecule has 7 heteroatoms. The molecule has 1 amide bonds. The summed E-state index contributed by atoms with van der Waals surface area (Å²) in [6.07, 6.45) is 0.886. The number of para-hydroxylation sites is 1. The number of carbonyl (C=O) groups is 1. The standard InChI is InChI=1S/C25H24N4O3/c1-14-11-24-26-15(2)17(16(3)29(24)28-14)9-10-25(30)27-20-13-22-19(12-23(20)31-4)18-7-5-6-8-21(18)32-22/h5-8,11-13H,9-10H2,1-4H3,(H,27,30). The second-order valence-electron chi connectivity index (χ2n) is 8.01. The number of carbonyl (C=O) groups excluding carboxylic acids is 1. The summed E-state index contributed by atoms with van der Waals surface area (Å²) in [6, 6.07) is 13.5. The lowest BCUT2D eigenvalue weighted by atomic mass is 10.1. The summed E-state index contributed by atoms with van der Waals surface area (Å²) < 4.78 is 13.3. The van der Waals surface area contributed by atoms with Crippen molar-refractivity contribution in [2.24, 2.45) is 0 Å². The van der Waals surface area contributed by atoms with E-state index in [-0.39, 0.29) is 5.91 Å². The Morgan fingerprint density at radius 2 is 1.91 bits per heavy atom. The van der Waals surface area contributed by atoms with Gasteiger partial charge in [-0.15, -0.1) is 0 Å². The highest BCUT2D eigenvalue weighted by Crippen LogP contribution is 2.36. The van der Waals surface area contributed by atoms with Crippen molar-refractivity contribution in [1.82, 2.24) is 14.6 Å². The fraction of sp³-hybridized carbons (Fsp3) is 0.240. The first-order valence-electron chi connectivity index (χ1n) is 10.6. The van der Waals surface area contributed by atoms with Crippen LogP contribution < -0.4 is 10.1 Å². The van der Waals surface area contributed by atoms with E-state index in [2.05, 4.69) is 15.4 Å². The quantitative estimate of drug-likeness (QED) is 0.419. The second kappa shape index (κ2) is 7.67. The molecular weight excluding hydrogens is 404 g/mol. The number of rotatable bonds is 5. The first kappa shape index (κ1) is 20.1. The SMILES string of the molecule is COc1cc2c(cc1NC(=O)CCc1c(C)nc3cc(C)nn3c1C)oc1ccccc12. The third-order valence-electron chi connectivity index (χ3n) is 5.86. The van der Waals surface area contributed by atoms with Gasteiger partial charge in [0.25, 0.3) is 0 Å². The van der Waals surface area contributed by atoms with Crippen molar-refractivity contribution in [3.8, 4) is 5.75 Å². The van der Waals surface area contributed by atoms with Gasteiger partial charge < -0.3 is 14.5 Å². The van der Waals surface area contributed by atoms with Crippen LogP contribution in [0.1, 0.15) is 29.1 Å². The van der Waals surface area contributed by atoms with Crippen LogP contribution in [-0.4, -0.2) is 27.6 Å². The number of fused-ring (bicyclic) bond motifs is 4. The molecule has 3 aromatic heterocycles. The van der Waals surface area contributed by atoms with Gasteiger partial charge >= 0.3 is 0 Å². The molecule has 0 saturated heterocycles. The minimum atomic E-state index is -0.102. The molecule has 5 rings (SSSR count). The Morgan fingerprint density at radius 1 is 1.09 bits per heavy atom. The van der Waals surface area contributed by atoms with Crippen molar-refractivity contribution in [3.05, 3.63) is 65.1 Å². The summed E-state index contributed by atoms with van der Waals surface area (Å²) in [4.78, 5) is 17.5. The number of ether oxygens (including phenoxy) is 1. The van der Waals surface area contributed by atoms with Crippen molar-refractivity contribution in [1.29, 1.82) is 0 Å². The molecule has 0 radical (unpaired) electrons. The number of methoxy groups -OCH3 is 1. The van der Waals surface area contributed by atoms with Gasteiger partial charge in [-0.2, -0.15) is 5.10 Å². The van der Waals surface area contributed by atoms with E-state index in [9.17, 15) is 4.79 Å².